The summed E-state index contributed by atoms with van der Waals surface area (Å²) in [6, 6.07) is 6.76. The van der Waals surface area contributed by atoms with Crippen LogP contribution in [0.15, 0.2) is 33.5 Å². The van der Waals surface area contributed by atoms with Crippen molar-refractivity contribution in [1.29, 1.82) is 0 Å². The molecule has 4 rings (SSSR count). The van der Waals surface area contributed by atoms with Gasteiger partial charge in [-0.2, -0.15) is 0 Å². The number of aryl methyl sites for hydroxylation is 1. The number of piperidine rings is 1. The second-order valence-electron chi connectivity index (χ2n) is 8.20. The van der Waals surface area contributed by atoms with E-state index in [1.807, 2.05) is 11.8 Å². The van der Waals surface area contributed by atoms with Gasteiger partial charge in [0.25, 0.3) is 5.91 Å². The number of carbonyl (C=O) groups is 2. The molecule has 1 amide bonds. The Morgan fingerprint density at radius 3 is 2.77 bits per heavy atom. The number of ether oxygens (including phenoxy) is 2. The highest BCUT2D eigenvalue weighted by atomic mass is 16.6. The molecule has 0 bridgehead atoms. The third kappa shape index (κ3) is 4.50. The Morgan fingerprint density at radius 2 is 1.90 bits per heavy atom. The molecule has 7 nitrogen and oxygen atoms in total. The number of benzene rings is 1. The molecule has 1 saturated heterocycles. The molecule has 1 saturated carbocycles. The van der Waals surface area contributed by atoms with Crippen LogP contribution in [0.5, 0.6) is 5.75 Å². The van der Waals surface area contributed by atoms with Gasteiger partial charge in [0.05, 0.1) is 0 Å². The summed E-state index contributed by atoms with van der Waals surface area (Å²) in [6.45, 7) is 2.00. The smallest absolute Gasteiger partial charge is 0.344 e. The molecule has 1 aromatic heterocycles. The van der Waals surface area contributed by atoms with Crippen LogP contribution in [0.25, 0.3) is 11.0 Å². The summed E-state index contributed by atoms with van der Waals surface area (Å²) < 4.78 is 15.8. The summed E-state index contributed by atoms with van der Waals surface area (Å²) in [5.74, 6) is 0.252. The number of fused-ring (bicyclic) bond motifs is 2. The molecule has 0 spiro atoms. The molecular formula is C23H27NO6. The number of hydrogen-bond donors (Lipinski definition) is 0. The zero-order valence-corrected chi connectivity index (χ0v) is 17.2. The van der Waals surface area contributed by atoms with E-state index in [1.165, 1.54) is 25.3 Å². The highest BCUT2D eigenvalue weighted by Gasteiger charge is 2.35. The molecular weight excluding hydrogens is 386 g/mol. The van der Waals surface area contributed by atoms with Crippen molar-refractivity contribution in [1.82, 2.24) is 4.90 Å². The molecule has 2 aromatic rings. The van der Waals surface area contributed by atoms with E-state index < -0.39 is 11.6 Å². The van der Waals surface area contributed by atoms with E-state index in [0.717, 1.165) is 36.8 Å². The van der Waals surface area contributed by atoms with Crippen LogP contribution >= 0.6 is 0 Å². The number of nitrogens with zero attached hydrogens (tertiary/aromatic N) is 1. The highest BCUT2D eigenvalue weighted by Crippen LogP contribution is 2.35. The Hall–Kier alpha value is -2.83. The Balaban J connectivity index is 1.29. The Labute approximate surface area is 174 Å². The first kappa shape index (κ1) is 20.4. The van der Waals surface area contributed by atoms with Crippen LogP contribution in [0.4, 0.5) is 0 Å². The van der Waals surface area contributed by atoms with Crippen LogP contribution in [0, 0.1) is 12.8 Å². The first-order valence-electron chi connectivity index (χ1n) is 10.6. The molecule has 1 aliphatic heterocycles. The molecule has 2 fully saturated rings. The lowest BCUT2D eigenvalue weighted by atomic mass is 9.78. The van der Waals surface area contributed by atoms with Gasteiger partial charge in [0, 0.05) is 30.1 Å². The minimum absolute atomic E-state index is 0.122. The summed E-state index contributed by atoms with van der Waals surface area (Å²) in [7, 11) is 0. The van der Waals surface area contributed by atoms with Gasteiger partial charge < -0.3 is 18.8 Å². The van der Waals surface area contributed by atoms with E-state index in [2.05, 4.69) is 0 Å². The van der Waals surface area contributed by atoms with Crippen molar-refractivity contribution in [2.75, 3.05) is 19.8 Å². The minimum Gasteiger partial charge on any atom is -0.482 e. The van der Waals surface area contributed by atoms with E-state index in [1.54, 1.807) is 18.2 Å². The highest BCUT2D eigenvalue weighted by molar-refractivity contribution is 5.82. The predicted molar refractivity (Wildman–Crippen MR) is 110 cm³/mol. The fourth-order valence-electron chi connectivity index (χ4n) is 4.74. The molecule has 7 heteroatoms. The zero-order chi connectivity index (χ0) is 21.1. The molecule has 1 aliphatic carbocycles. The van der Waals surface area contributed by atoms with E-state index in [9.17, 15) is 14.4 Å². The van der Waals surface area contributed by atoms with Crippen molar-refractivity contribution in [2.24, 2.45) is 5.92 Å². The van der Waals surface area contributed by atoms with Gasteiger partial charge in [0.2, 0.25) is 0 Å². The summed E-state index contributed by atoms with van der Waals surface area (Å²) in [5, 5.41) is 0.803. The van der Waals surface area contributed by atoms with E-state index in [-0.39, 0.29) is 19.1 Å². The lowest BCUT2D eigenvalue weighted by Crippen LogP contribution is -2.51. The maximum Gasteiger partial charge on any atom is 0.344 e. The number of amides is 1. The normalized spacial score (nSPS) is 21.2. The standard InChI is InChI=1S/C23H27NO6/c1-15-11-22(26)30-20-12-17(8-9-18(15)20)28-14-23(27)29-13-21(25)24-10-4-6-16-5-2-3-7-19(16)24/h8-9,11-12,16,19H,2-7,10,13-14H2,1H3/t16-,19+/m1/s1. The fraction of sp³-hybridized carbons (Fsp3) is 0.522. The first-order chi connectivity index (χ1) is 14.5. The average Bonchev–Trinajstić information content (AvgIpc) is 2.75. The number of rotatable bonds is 5. The van der Waals surface area contributed by atoms with Crippen LogP contribution < -0.4 is 10.4 Å². The van der Waals surface area contributed by atoms with Crippen LogP contribution in [0.3, 0.4) is 0 Å². The maximum atomic E-state index is 12.6. The van der Waals surface area contributed by atoms with Crippen molar-refractivity contribution in [3.63, 3.8) is 0 Å². The lowest BCUT2D eigenvalue weighted by Gasteiger charge is -2.44. The largest absolute Gasteiger partial charge is 0.482 e. The van der Waals surface area contributed by atoms with Gasteiger partial charge in [-0.25, -0.2) is 9.59 Å². The Morgan fingerprint density at radius 1 is 1.10 bits per heavy atom. The van der Waals surface area contributed by atoms with E-state index >= 15 is 0 Å². The van der Waals surface area contributed by atoms with Gasteiger partial charge in [-0.05, 0) is 56.2 Å². The second kappa shape index (κ2) is 8.90. The van der Waals surface area contributed by atoms with Crippen molar-refractivity contribution in [2.45, 2.75) is 51.5 Å². The topological polar surface area (TPSA) is 86.0 Å². The quantitative estimate of drug-likeness (QED) is 0.553. The molecule has 0 radical (unpaired) electrons. The van der Waals surface area contributed by atoms with Crippen molar-refractivity contribution in [3.05, 3.63) is 40.2 Å². The molecule has 0 unspecified atom stereocenters. The number of esters is 1. The monoisotopic (exact) mass is 413 g/mol. The lowest BCUT2D eigenvalue weighted by molar-refractivity contribution is -0.156. The van der Waals surface area contributed by atoms with Crippen LogP contribution in [0.2, 0.25) is 0 Å². The fourth-order valence-corrected chi connectivity index (χ4v) is 4.74. The summed E-state index contributed by atoms with van der Waals surface area (Å²) in [4.78, 5) is 38.1. The Bertz CT molecular complexity index is 995. The van der Waals surface area contributed by atoms with Gasteiger partial charge in [0.15, 0.2) is 13.2 Å². The molecule has 30 heavy (non-hydrogen) atoms. The molecule has 2 aliphatic rings. The van der Waals surface area contributed by atoms with Gasteiger partial charge >= 0.3 is 11.6 Å². The molecule has 2 atom stereocenters. The molecule has 0 N–H and O–H groups in total. The number of hydrogen-bond acceptors (Lipinski definition) is 6. The average molecular weight is 413 g/mol. The minimum atomic E-state index is -0.605. The third-order valence-corrected chi connectivity index (χ3v) is 6.20. The van der Waals surface area contributed by atoms with E-state index in [4.69, 9.17) is 13.9 Å². The van der Waals surface area contributed by atoms with Crippen LogP contribution in [-0.2, 0) is 14.3 Å². The van der Waals surface area contributed by atoms with Gasteiger partial charge in [0.1, 0.15) is 11.3 Å². The summed E-state index contributed by atoms with van der Waals surface area (Å²) in [5.41, 5.74) is 0.768. The van der Waals surface area contributed by atoms with Gasteiger partial charge in [-0.1, -0.05) is 12.8 Å². The first-order valence-corrected chi connectivity index (χ1v) is 10.6. The van der Waals surface area contributed by atoms with E-state index in [0.29, 0.717) is 23.3 Å². The molecule has 2 heterocycles. The third-order valence-electron chi connectivity index (χ3n) is 6.20. The Kier molecular flexibility index (Phi) is 6.06. The number of likely N-dealkylation sites (tertiary alicyclic amines) is 1. The van der Waals surface area contributed by atoms with Crippen LogP contribution in [0.1, 0.15) is 44.1 Å². The zero-order valence-electron chi connectivity index (χ0n) is 17.2. The van der Waals surface area contributed by atoms with Crippen LogP contribution in [-0.4, -0.2) is 42.6 Å². The van der Waals surface area contributed by atoms with Gasteiger partial charge in [-0.3, -0.25) is 4.79 Å². The SMILES string of the molecule is Cc1cc(=O)oc2cc(OCC(=O)OCC(=O)N3CCC[C@H]4CCCC[C@@H]43)ccc12. The summed E-state index contributed by atoms with van der Waals surface area (Å²) >= 11 is 0. The van der Waals surface area contributed by atoms with Gasteiger partial charge in [-0.15, -0.1) is 0 Å². The molecule has 160 valence electrons. The maximum absolute atomic E-state index is 12.6. The van der Waals surface area contributed by atoms with Crippen molar-refractivity contribution >= 4 is 22.8 Å². The van der Waals surface area contributed by atoms with Crippen molar-refractivity contribution in [3.8, 4) is 5.75 Å². The summed E-state index contributed by atoms with van der Waals surface area (Å²) in [6.07, 6.45) is 6.84. The van der Waals surface area contributed by atoms with Crippen molar-refractivity contribution < 1.29 is 23.5 Å². The molecule has 1 aromatic carbocycles. The second-order valence-corrected chi connectivity index (χ2v) is 8.20. The predicted octanol–water partition coefficient (Wildman–Crippen LogP) is 3.20. The number of carbonyl (C=O) groups excluding carboxylic acids is 2.